The van der Waals surface area contributed by atoms with Crippen LogP contribution < -0.4 is 0 Å². The van der Waals surface area contributed by atoms with Crippen molar-refractivity contribution in [1.29, 1.82) is 0 Å². The first-order chi connectivity index (χ1) is 11.1. The molecule has 0 saturated carbocycles. The van der Waals surface area contributed by atoms with Crippen LogP contribution in [0.2, 0.25) is 0 Å². The number of thiophene rings is 1. The highest BCUT2D eigenvalue weighted by Gasteiger charge is 2.23. The third kappa shape index (κ3) is 3.44. The summed E-state index contributed by atoms with van der Waals surface area (Å²) in [4.78, 5) is 26.5. The van der Waals surface area contributed by atoms with E-state index in [9.17, 15) is 9.59 Å². The summed E-state index contributed by atoms with van der Waals surface area (Å²) in [5, 5.41) is 0. The molecule has 124 valence electrons. The number of rotatable bonds is 4. The van der Waals surface area contributed by atoms with Crippen molar-refractivity contribution in [2.75, 3.05) is 32.9 Å². The molecule has 8 heteroatoms. The normalized spacial score (nSPS) is 15.1. The fourth-order valence-electron chi connectivity index (χ4n) is 2.60. The molecule has 3 heterocycles. The Morgan fingerprint density at radius 1 is 1.35 bits per heavy atom. The second kappa shape index (κ2) is 7.02. The van der Waals surface area contributed by atoms with Gasteiger partial charge in [0.25, 0.3) is 0 Å². The highest BCUT2D eigenvalue weighted by molar-refractivity contribution is 9.11. The Labute approximate surface area is 146 Å². The Bertz CT molecular complexity index is 733. The largest absolute Gasteiger partial charge is 0.461 e. The van der Waals surface area contributed by atoms with E-state index in [2.05, 4.69) is 15.9 Å². The third-order valence-electron chi connectivity index (χ3n) is 3.70. The Balaban J connectivity index is 1.91. The maximum Gasteiger partial charge on any atom is 0.355 e. The number of amides is 1. The first kappa shape index (κ1) is 16.5. The van der Waals surface area contributed by atoms with Crippen molar-refractivity contribution in [1.82, 2.24) is 9.47 Å². The van der Waals surface area contributed by atoms with Gasteiger partial charge in [-0.1, -0.05) is 0 Å². The second-order valence-electron chi connectivity index (χ2n) is 5.13. The van der Waals surface area contributed by atoms with Gasteiger partial charge in [0.15, 0.2) is 0 Å². The maximum absolute atomic E-state index is 12.5. The molecule has 0 aromatic carbocycles. The predicted octanol–water partition coefficient (Wildman–Crippen LogP) is 2.50. The van der Waals surface area contributed by atoms with Crippen LogP contribution in [0.4, 0.5) is 0 Å². The van der Waals surface area contributed by atoms with Gasteiger partial charge in [0.05, 0.1) is 33.8 Å². The van der Waals surface area contributed by atoms with Gasteiger partial charge >= 0.3 is 5.97 Å². The number of aromatic nitrogens is 1. The van der Waals surface area contributed by atoms with Crippen molar-refractivity contribution >= 4 is 49.4 Å². The minimum absolute atomic E-state index is 0.0151. The number of nitrogens with zero attached hydrogens (tertiary/aromatic N) is 2. The number of carbonyl (C=O) groups excluding carboxylic acids is 2. The van der Waals surface area contributed by atoms with Crippen LogP contribution in [0.1, 0.15) is 17.4 Å². The highest BCUT2D eigenvalue weighted by atomic mass is 79.9. The lowest BCUT2D eigenvalue weighted by atomic mass is 10.3. The molecule has 2 aromatic rings. The molecule has 0 radical (unpaired) electrons. The van der Waals surface area contributed by atoms with Crippen molar-refractivity contribution in [2.24, 2.45) is 0 Å². The molecule has 1 saturated heterocycles. The zero-order valence-corrected chi connectivity index (χ0v) is 15.1. The number of esters is 1. The fraction of sp³-hybridized carbons (Fsp3) is 0.467. The van der Waals surface area contributed by atoms with Crippen molar-refractivity contribution in [3.8, 4) is 0 Å². The van der Waals surface area contributed by atoms with E-state index in [1.807, 2.05) is 6.07 Å². The van der Waals surface area contributed by atoms with E-state index in [-0.39, 0.29) is 12.5 Å². The fourth-order valence-corrected chi connectivity index (χ4v) is 4.17. The Morgan fingerprint density at radius 3 is 2.78 bits per heavy atom. The van der Waals surface area contributed by atoms with E-state index in [1.54, 1.807) is 22.5 Å². The molecule has 23 heavy (non-hydrogen) atoms. The van der Waals surface area contributed by atoms with Crippen LogP contribution in [0.5, 0.6) is 0 Å². The lowest BCUT2D eigenvalue weighted by Crippen LogP contribution is -2.42. The zero-order chi connectivity index (χ0) is 16.4. The molecule has 6 nitrogen and oxygen atoms in total. The van der Waals surface area contributed by atoms with Crippen molar-refractivity contribution in [2.45, 2.75) is 13.5 Å². The monoisotopic (exact) mass is 400 g/mol. The van der Waals surface area contributed by atoms with Crippen LogP contribution in [-0.2, 0) is 20.8 Å². The number of carbonyl (C=O) groups is 2. The summed E-state index contributed by atoms with van der Waals surface area (Å²) in [5.41, 5.74) is 1.29. The minimum atomic E-state index is -0.401. The van der Waals surface area contributed by atoms with Crippen LogP contribution in [-0.4, -0.2) is 54.3 Å². The number of hydrogen-bond donors (Lipinski definition) is 0. The number of morpholine rings is 1. The molecule has 0 aliphatic carbocycles. The quantitative estimate of drug-likeness (QED) is 0.739. The predicted molar refractivity (Wildman–Crippen MR) is 90.9 cm³/mol. The van der Waals surface area contributed by atoms with Crippen LogP contribution in [0.25, 0.3) is 10.2 Å². The average Bonchev–Trinajstić information content (AvgIpc) is 3.06. The summed E-state index contributed by atoms with van der Waals surface area (Å²) in [6.45, 7) is 4.49. The summed E-state index contributed by atoms with van der Waals surface area (Å²) < 4.78 is 14.0. The van der Waals surface area contributed by atoms with E-state index in [4.69, 9.17) is 9.47 Å². The van der Waals surface area contributed by atoms with Gasteiger partial charge in [0, 0.05) is 13.1 Å². The van der Waals surface area contributed by atoms with E-state index in [1.165, 1.54) is 11.3 Å². The summed E-state index contributed by atoms with van der Waals surface area (Å²) in [5.74, 6) is -0.416. The van der Waals surface area contributed by atoms with Crippen LogP contribution in [0.15, 0.2) is 15.9 Å². The average molecular weight is 401 g/mol. The number of hydrogen-bond acceptors (Lipinski definition) is 5. The third-order valence-corrected chi connectivity index (χ3v) is 5.28. The van der Waals surface area contributed by atoms with Crippen LogP contribution in [0, 0.1) is 0 Å². The highest BCUT2D eigenvalue weighted by Crippen LogP contribution is 2.32. The molecule has 0 unspecified atom stereocenters. The molecule has 0 spiro atoms. The maximum atomic E-state index is 12.5. The van der Waals surface area contributed by atoms with Gasteiger partial charge in [-0.15, -0.1) is 11.3 Å². The molecular formula is C15H17BrN2O4S. The van der Waals surface area contributed by atoms with E-state index < -0.39 is 5.97 Å². The summed E-state index contributed by atoms with van der Waals surface area (Å²) in [7, 11) is 0. The van der Waals surface area contributed by atoms with E-state index in [0.717, 1.165) is 14.0 Å². The molecule has 0 atom stereocenters. The second-order valence-corrected chi connectivity index (χ2v) is 7.59. The molecule has 3 rings (SSSR count). The van der Waals surface area contributed by atoms with Crippen molar-refractivity contribution in [3.05, 3.63) is 21.6 Å². The van der Waals surface area contributed by atoms with E-state index >= 15 is 0 Å². The van der Waals surface area contributed by atoms with Gasteiger partial charge in [-0.05, 0) is 35.0 Å². The topological polar surface area (TPSA) is 60.8 Å². The Kier molecular flexibility index (Phi) is 5.03. The molecule has 1 amide bonds. The van der Waals surface area contributed by atoms with Crippen LogP contribution >= 0.6 is 27.3 Å². The van der Waals surface area contributed by atoms with Gasteiger partial charge < -0.3 is 18.9 Å². The van der Waals surface area contributed by atoms with E-state index in [0.29, 0.717) is 38.6 Å². The molecule has 1 aliphatic heterocycles. The molecule has 1 fully saturated rings. The smallest absolute Gasteiger partial charge is 0.355 e. The zero-order valence-electron chi connectivity index (χ0n) is 12.7. The molecule has 1 aliphatic rings. The number of ether oxygens (including phenoxy) is 2. The van der Waals surface area contributed by atoms with Gasteiger partial charge in [-0.3, -0.25) is 4.79 Å². The summed E-state index contributed by atoms with van der Waals surface area (Å²) in [6.07, 6.45) is 0. The summed E-state index contributed by atoms with van der Waals surface area (Å²) >= 11 is 4.98. The van der Waals surface area contributed by atoms with Gasteiger partial charge in [0.2, 0.25) is 5.91 Å². The molecular weight excluding hydrogens is 384 g/mol. The van der Waals surface area contributed by atoms with Gasteiger partial charge in [0.1, 0.15) is 12.2 Å². The van der Waals surface area contributed by atoms with Gasteiger partial charge in [-0.2, -0.15) is 0 Å². The first-order valence-electron chi connectivity index (χ1n) is 7.41. The van der Waals surface area contributed by atoms with Crippen molar-refractivity contribution < 1.29 is 19.1 Å². The number of fused-ring (bicyclic) bond motifs is 1. The number of halogens is 1. The Morgan fingerprint density at radius 2 is 2.09 bits per heavy atom. The Hall–Kier alpha value is -1.38. The lowest BCUT2D eigenvalue weighted by Gasteiger charge is -2.27. The van der Waals surface area contributed by atoms with Crippen molar-refractivity contribution in [3.63, 3.8) is 0 Å². The lowest BCUT2D eigenvalue weighted by molar-refractivity contribution is -0.135. The summed E-state index contributed by atoms with van der Waals surface area (Å²) in [6, 6.07) is 3.71. The molecule has 0 N–H and O–H groups in total. The first-order valence-corrected chi connectivity index (χ1v) is 9.02. The SMILES string of the molecule is CCOC(=O)c1cc2sc(Br)cc2n1CC(=O)N1CCOCC1. The standard InChI is InChI=1S/C15H17BrN2O4S/c1-2-22-15(20)11-7-12-10(8-13(16)23-12)18(11)9-14(19)17-3-5-21-6-4-17/h7-8H,2-6,9H2,1H3. The van der Waals surface area contributed by atoms with Gasteiger partial charge in [-0.25, -0.2) is 4.79 Å². The van der Waals surface area contributed by atoms with Crippen LogP contribution in [0.3, 0.4) is 0 Å². The minimum Gasteiger partial charge on any atom is -0.461 e. The molecule has 0 bridgehead atoms. The molecule has 2 aromatic heterocycles.